The van der Waals surface area contributed by atoms with Gasteiger partial charge in [0.2, 0.25) is 0 Å². The van der Waals surface area contributed by atoms with Crippen LogP contribution in [0.3, 0.4) is 0 Å². The van der Waals surface area contributed by atoms with Crippen molar-refractivity contribution in [2.24, 2.45) is 0 Å². The summed E-state index contributed by atoms with van der Waals surface area (Å²) in [5.74, 6) is -2.74. The molecule has 0 heterocycles. The molecule has 6 nitrogen and oxygen atoms in total. The van der Waals surface area contributed by atoms with Gasteiger partial charge >= 0.3 is 11.9 Å². The highest BCUT2D eigenvalue weighted by Gasteiger charge is 2.21. The Morgan fingerprint density at radius 3 is 1.23 bits per heavy atom. The molecule has 112 valence electrons. The van der Waals surface area contributed by atoms with E-state index in [0.29, 0.717) is 11.4 Å². The van der Waals surface area contributed by atoms with Crippen molar-refractivity contribution in [3.63, 3.8) is 0 Å². The van der Waals surface area contributed by atoms with E-state index in [1.807, 2.05) is 0 Å². The second kappa shape index (κ2) is 6.94. The largest absolute Gasteiger partial charge is 0.477 e. The summed E-state index contributed by atoms with van der Waals surface area (Å²) < 4.78 is 0. The summed E-state index contributed by atoms with van der Waals surface area (Å²) in [6.45, 7) is 0. The van der Waals surface area contributed by atoms with E-state index < -0.39 is 23.3 Å². The number of nitrogens with one attached hydrogen (secondary N) is 2. The minimum atomic E-state index is -1.37. The molecule has 0 aromatic heterocycles. The van der Waals surface area contributed by atoms with E-state index in [4.69, 9.17) is 0 Å². The summed E-state index contributed by atoms with van der Waals surface area (Å²) in [5, 5.41) is 23.9. The van der Waals surface area contributed by atoms with Gasteiger partial charge in [0.1, 0.15) is 0 Å². The third-order valence-corrected chi connectivity index (χ3v) is 2.76. The van der Waals surface area contributed by atoms with Crippen molar-refractivity contribution in [2.75, 3.05) is 10.6 Å². The van der Waals surface area contributed by atoms with E-state index in [-0.39, 0.29) is 0 Å². The first-order valence-corrected chi connectivity index (χ1v) is 6.43. The van der Waals surface area contributed by atoms with Crippen molar-refractivity contribution in [3.05, 3.63) is 72.1 Å². The predicted molar refractivity (Wildman–Crippen MR) is 82.4 cm³/mol. The molecule has 0 saturated heterocycles. The lowest BCUT2D eigenvalue weighted by Gasteiger charge is -2.13. The van der Waals surface area contributed by atoms with Gasteiger partial charge in [0.25, 0.3) is 0 Å². The van der Waals surface area contributed by atoms with Gasteiger partial charge in [-0.05, 0) is 24.3 Å². The molecular weight excluding hydrogens is 284 g/mol. The molecule has 0 unspecified atom stereocenters. The Hall–Kier alpha value is -3.28. The van der Waals surface area contributed by atoms with Gasteiger partial charge in [-0.15, -0.1) is 0 Å². The first-order valence-electron chi connectivity index (χ1n) is 6.43. The number of carboxylic acids is 2. The average Bonchev–Trinajstić information content (AvgIpc) is 2.52. The van der Waals surface area contributed by atoms with Gasteiger partial charge in [-0.1, -0.05) is 36.4 Å². The Balaban J connectivity index is 2.39. The molecule has 2 aromatic carbocycles. The van der Waals surface area contributed by atoms with Crippen molar-refractivity contribution in [1.29, 1.82) is 0 Å². The van der Waals surface area contributed by atoms with Gasteiger partial charge < -0.3 is 20.8 Å². The third kappa shape index (κ3) is 3.86. The minimum absolute atomic E-state index is 0.442. The third-order valence-electron chi connectivity index (χ3n) is 2.76. The zero-order valence-corrected chi connectivity index (χ0v) is 11.5. The highest BCUT2D eigenvalue weighted by Crippen LogP contribution is 2.16. The van der Waals surface area contributed by atoms with Crippen LogP contribution in [-0.4, -0.2) is 22.2 Å². The molecule has 0 bridgehead atoms. The van der Waals surface area contributed by atoms with Crippen LogP contribution >= 0.6 is 0 Å². The number of aliphatic carboxylic acids is 2. The molecule has 0 amide bonds. The SMILES string of the molecule is O=C(O)C(Nc1ccccc1)=C(Nc1ccccc1)C(=O)O. The molecule has 0 aliphatic heterocycles. The summed E-state index contributed by atoms with van der Waals surface area (Å²) in [4.78, 5) is 22.8. The highest BCUT2D eigenvalue weighted by atomic mass is 16.4. The molecule has 22 heavy (non-hydrogen) atoms. The van der Waals surface area contributed by atoms with Gasteiger partial charge in [-0.2, -0.15) is 0 Å². The lowest BCUT2D eigenvalue weighted by molar-refractivity contribution is -0.135. The number of para-hydroxylation sites is 2. The second-order valence-corrected chi connectivity index (χ2v) is 4.34. The number of hydrogen-bond acceptors (Lipinski definition) is 4. The van der Waals surface area contributed by atoms with Crippen LogP contribution in [0.15, 0.2) is 72.1 Å². The monoisotopic (exact) mass is 298 g/mol. The van der Waals surface area contributed by atoms with E-state index in [0.717, 1.165) is 0 Å². The number of carboxylic acid groups (broad SMARTS) is 2. The molecule has 0 atom stereocenters. The fourth-order valence-corrected chi connectivity index (χ4v) is 1.78. The normalized spacial score (nSPS) is 11.3. The Bertz CT molecular complexity index is 635. The number of carbonyl (C=O) groups is 2. The summed E-state index contributed by atoms with van der Waals surface area (Å²) in [6.07, 6.45) is 0. The quantitative estimate of drug-likeness (QED) is 0.612. The highest BCUT2D eigenvalue weighted by molar-refractivity contribution is 6.02. The van der Waals surface area contributed by atoms with E-state index in [1.165, 1.54) is 0 Å². The van der Waals surface area contributed by atoms with Gasteiger partial charge in [0, 0.05) is 11.4 Å². The summed E-state index contributed by atoms with van der Waals surface area (Å²) in [7, 11) is 0. The lowest BCUT2D eigenvalue weighted by Crippen LogP contribution is -2.22. The van der Waals surface area contributed by atoms with Crippen molar-refractivity contribution in [2.45, 2.75) is 0 Å². The zero-order chi connectivity index (χ0) is 15.9. The maximum atomic E-state index is 11.4. The summed E-state index contributed by atoms with van der Waals surface area (Å²) in [6, 6.07) is 17.0. The van der Waals surface area contributed by atoms with E-state index in [1.54, 1.807) is 60.7 Å². The smallest absolute Gasteiger partial charge is 0.354 e. The first-order chi connectivity index (χ1) is 10.6. The average molecular weight is 298 g/mol. The van der Waals surface area contributed by atoms with Crippen LogP contribution in [0.5, 0.6) is 0 Å². The van der Waals surface area contributed by atoms with Crippen LogP contribution in [0.25, 0.3) is 0 Å². The molecule has 0 fully saturated rings. The van der Waals surface area contributed by atoms with Crippen LogP contribution in [-0.2, 0) is 9.59 Å². The van der Waals surface area contributed by atoms with Gasteiger partial charge in [-0.3, -0.25) is 0 Å². The number of benzene rings is 2. The zero-order valence-electron chi connectivity index (χ0n) is 11.5. The molecular formula is C16H14N2O4. The number of rotatable bonds is 6. The Morgan fingerprint density at radius 1 is 0.636 bits per heavy atom. The van der Waals surface area contributed by atoms with Crippen LogP contribution in [0.4, 0.5) is 11.4 Å². The predicted octanol–water partition coefficient (Wildman–Crippen LogP) is 2.59. The van der Waals surface area contributed by atoms with Crippen LogP contribution in [0.1, 0.15) is 0 Å². The maximum absolute atomic E-state index is 11.4. The first kappa shape index (κ1) is 15.1. The standard InChI is InChI=1S/C16H14N2O4/c19-15(20)13(17-11-7-3-1-4-8-11)14(16(21)22)18-12-9-5-2-6-10-12/h1-10,17-18H,(H,19,20)(H,21,22). The topological polar surface area (TPSA) is 98.7 Å². The molecule has 0 saturated carbocycles. The summed E-state index contributed by atoms with van der Waals surface area (Å²) in [5.41, 5.74) is 0.0760. The molecule has 0 spiro atoms. The molecule has 0 radical (unpaired) electrons. The van der Waals surface area contributed by atoms with Crippen LogP contribution in [0.2, 0.25) is 0 Å². The number of anilines is 2. The van der Waals surface area contributed by atoms with Crippen molar-refractivity contribution < 1.29 is 19.8 Å². The molecule has 2 aromatic rings. The molecule has 0 aliphatic rings. The molecule has 4 N–H and O–H groups in total. The van der Waals surface area contributed by atoms with Crippen molar-refractivity contribution in [1.82, 2.24) is 0 Å². The Labute approximate surface area is 126 Å². The van der Waals surface area contributed by atoms with Crippen LogP contribution in [0, 0.1) is 0 Å². The molecule has 2 rings (SSSR count). The Kier molecular flexibility index (Phi) is 4.77. The maximum Gasteiger partial charge on any atom is 0.354 e. The molecule has 6 heteroatoms. The van der Waals surface area contributed by atoms with Gasteiger partial charge in [0.15, 0.2) is 11.4 Å². The fourth-order valence-electron chi connectivity index (χ4n) is 1.78. The van der Waals surface area contributed by atoms with Gasteiger partial charge in [0.05, 0.1) is 0 Å². The van der Waals surface area contributed by atoms with Gasteiger partial charge in [-0.25, -0.2) is 9.59 Å². The second-order valence-electron chi connectivity index (χ2n) is 4.34. The van der Waals surface area contributed by atoms with E-state index in [9.17, 15) is 19.8 Å². The number of hydrogen-bond donors (Lipinski definition) is 4. The Morgan fingerprint density at radius 2 is 0.955 bits per heavy atom. The summed E-state index contributed by atoms with van der Waals surface area (Å²) >= 11 is 0. The van der Waals surface area contributed by atoms with Crippen LogP contribution < -0.4 is 10.6 Å². The van der Waals surface area contributed by atoms with Crippen molar-refractivity contribution >= 4 is 23.3 Å². The van der Waals surface area contributed by atoms with Crippen molar-refractivity contribution in [3.8, 4) is 0 Å². The van der Waals surface area contributed by atoms with E-state index in [2.05, 4.69) is 10.6 Å². The van der Waals surface area contributed by atoms with E-state index >= 15 is 0 Å². The fraction of sp³-hybridized carbons (Fsp3) is 0. The lowest BCUT2D eigenvalue weighted by atomic mass is 10.2. The minimum Gasteiger partial charge on any atom is -0.477 e. The molecule has 0 aliphatic carbocycles.